The summed E-state index contributed by atoms with van der Waals surface area (Å²) in [7, 11) is 0. The first-order valence-corrected chi connectivity index (χ1v) is 4.97. The Labute approximate surface area is 102 Å². The fourth-order valence-electron chi connectivity index (χ4n) is 1.01. The molecule has 0 heterocycles. The lowest BCUT2D eigenvalue weighted by molar-refractivity contribution is -0.177. The van der Waals surface area contributed by atoms with Crippen molar-refractivity contribution in [2.45, 2.75) is 11.3 Å². The summed E-state index contributed by atoms with van der Waals surface area (Å²) in [6, 6.07) is 0. The van der Waals surface area contributed by atoms with Gasteiger partial charge in [-0.2, -0.15) is 13.2 Å². The Morgan fingerprint density at radius 3 is 2.07 bits per heavy atom. The van der Waals surface area contributed by atoms with Crippen molar-refractivity contribution in [2.75, 3.05) is 0 Å². The van der Waals surface area contributed by atoms with Crippen molar-refractivity contribution in [1.29, 1.82) is 0 Å². The van der Waals surface area contributed by atoms with Crippen LogP contribution in [0.25, 0.3) is 0 Å². The molecule has 0 radical (unpaired) electrons. The number of halogens is 8. The molecule has 1 rings (SSSR count). The van der Waals surface area contributed by atoms with Crippen LogP contribution in [0, 0.1) is 5.92 Å². The zero-order valence-corrected chi connectivity index (χ0v) is 9.70. The Hall–Kier alpha value is 0.360. The van der Waals surface area contributed by atoms with Crippen LogP contribution in [-0.2, 0) is 0 Å². The van der Waals surface area contributed by atoms with Gasteiger partial charge >= 0.3 is 6.18 Å². The van der Waals surface area contributed by atoms with Crippen LogP contribution in [0.2, 0.25) is 0 Å². The van der Waals surface area contributed by atoms with E-state index in [0.717, 1.165) is 0 Å². The molecule has 0 aromatic rings. The van der Waals surface area contributed by atoms with Crippen LogP contribution in [0.15, 0.2) is 21.2 Å². The van der Waals surface area contributed by atoms with E-state index < -0.39 is 32.3 Å². The average molecular weight is 304 g/mol. The van der Waals surface area contributed by atoms with Crippen LogP contribution in [0.1, 0.15) is 0 Å². The normalized spacial score (nSPS) is 33.1. The molecule has 0 aliphatic heterocycles. The molecule has 0 bridgehead atoms. The fraction of sp³-hybridized carbons (Fsp3) is 0.429. The molecule has 0 nitrogen and oxygen atoms in total. The lowest BCUT2D eigenvalue weighted by Gasteiger charge is -2.31. The van der Waals surface area contributed by atoms with Gasteiger partial charge in [0.1, 0.15) is 5.92 Å². The molecule has 1 aliphatic carbocycles. The van der Waals surface area contributed by atoms with Gasteiger partial charge in [-0.1, -0.05) is 46.4 Å². The van der Waals surface area contributed by atoms with Crippen molar-refractivity contribution in [2.24, 2.45) is 5.92 Å². The highest BCUT2D eigenvalue weighted by Crippen LogP contribution is 2.52. The second-order valence-corrected chi connectivity index (χ2v) is 4.50. The summed E-state index contributed by atoms with van der Waals surface area (Å²) in [5, 5.41) is -5.26. The van der Waals surface area contributed by atoms with Gasteiger partial charge in [-0.05, 0) is 6.08 Å². The van der Waals surface area contributed by atoms with E-state index in [1.54, 1.807) is 0 Å². The summed E-state index contributed by atoms with van der Waals surface area (Å²) in [5.41, 5.74) is 0. The van der Waals surface area contributed by atoms with Gasteiger partial charge in [-0.15, -0.1) is 0 Å². The van der Waals surface area contributed by atoms with Crippen molar-refractivity contribution in [1.82, 2.24) is 0 Å². The summed E-state index contributed by atoms with van der Waals surface area (Å²) < 4.78 is 50.6. The van der Waals surface area contributed by atoms with Crippen molar-refractivity contribution in [3.8, 4) is 0 Å². The molecule has 0 saturated heterocycles. The van der Waals surface area contributed by atoms with Crippen LogP contribution in [0.3, 0.4) is 0 Å². The van der Waals surface area contributed by atoms with E-state index in [2.05, 4.69) is 0 Å². The second kappa shape index (κ2) is 3.99. The van der Waals surface area contributed by atoms with Gasteiger partial charge in [-0.3, -0.25) is 0 Å². The van der Waals surface area contributed by atoms with Gasteiger partial charge in [0.05, 0.1) is 15.1 Å². The van der Waals surface area contributed by atoms with E-state index in [4.69, 9.17) is 46.4 Å². The summed E-state index contributed by atoms with van der Waals surface area (Å²) in [6.07, 6.45) is -4.50. The van der Waals surface area contributed by atoms with Gasteiger partial charge in [0, 0.05) is 0 Å². The number of hydrogen-bond acceptors (Lipinski definition) is 0. The van der Waals surface area contributed by atoms with Crippen LogP contribution in [0.5, 0.6) is 0 Å². The molecule has 0 N–H and O–H groups in total. The number of rotatable bonds is 0. The minimum absolute atomic E-state index is 0.392. The molecule has 2 unspecified atom stereocenters. The van der Waals surface area contributed by atoms with E-state index in [0.29, 0.717) is 6.08 Å². The fourth-order valence-corrected chi connectivity index (χ4v) is 2.03. The molecular formula is C7H2Cl4F4. The molecule has 2 atom stereocenters. The molecule has 0 spiro atoms. The van der Waals surface area contributed by atoms with E-state index in [1.807, 2.05) is 0 Å². The molecule has 0 aromatic carbocycles. The van der Waals surface area contributed by atoms with Crippen LogP contribution >= 0.6 is 46.4 Å². The highest BCUT2D eigenvalue weighted by Gasteiger charge is 2.57. The molecule has 0 saturated carbocycles. The van der Waals surface area contributed by atoms with Gasteiger partial charge in [-0.25, -0.2) is 4.39 Å². The standard InChI is InChI=1S/C7H2Cl4F4/c8-2-1-3(7(13,14)15)6(11,12)5(10)4(2)9/h1,3H. The third-order valence-electron chi connectivity index (χ3n) is 1.75. The van der Waals surface area contributed by atoms with Crippen LogP contribution < -0.4 is 0 Å². The minimum atomic E-state index is -4.89. The van der Waals surface area contributed by atoms with Crippen LogP contribution in [0.4, 0.5) is 17.6 Å². The molecular weight excluding hydrogens is 302 g/mol. The Morgan fingerprint density at radius 2 is 1.67 bits per heavy atom. The quantitative estimate of drug-likeness (QED) is 0.441. The largest absolute Gasteiger partial charge is 0.399 e. The second-order valence-electron chi connectivity index (χ2n) is 2.78. The van der Waals surface area contributed by atoms with Crippen molar-refractivity contribution < 1.29 is 17.6 Å². The molecule has 0 fully saturated rings. The Kier molecular flexibility index (Phi) is 3.57. The monoisotopic (exact) mass is 302 g/mol. The van der Waals surface area contributed by atoms with E-state index in [1.165, 1.54) is 0 Å². The molecule has 1 aliphatic rings. The SMILES string of the molecule is FC(F)(F)C1C=C(Cl)C(Cl)=C(Cl)C1(F)Cl. The highest BCUT2D eigenvalue weighted by molar-refractivity contribution is 6.50. The summed E-state index contributed by atoms with van der Waals surface area (Å²) in [4.78, 5) is 0. The predicted octanol–water partition coefficient (Wildman–Crippen LogP) is 4.90. The van der Waals surface area contributed by atoms with Gasteiger partial charge in [0.15, 0.2) is 0 Å². The van der Waals surface area contributed by atoms with E-state index in [-0.39, 0.29) is 0 Å². The smallest absolute Gasteiger partial charge is 0.219 e. The minimum Gasteiger partial charge on any atom is -0.219 e. The molecule has 0 amide bonds. The average Bonchev–Trinajstić information content (AvgIpc) is 2.06. The van der Waals surface area contributed by atoms with Gasteiger partial charge in [0.25, 0.3) is 0 Å². The topological polar surface area (TPSA) is 0 Å². The van der Waals surface area contributed by atoms with Crippen LogP contribution in [-0.4, -0.2) is 11.3 Å². The summed E-state index contributed by atoms with van der Waals surface area (Å²) in [6.45, 7) is 0. The molecule has 8 heteroatoms. The highest BCUT2D eigenvalue weighted by atomic mass is 35.5. The first-order valence-electron chi connectivity index (χ1n) is 3.46. The zero-order chi connectivity index (χ0) is 12.0. The molecule has 86 valence electrons. The Morgan fingerprint density at radius 1 is 1.20 bits per heavy atom. The lowest BCUT2D eigenvalue weighted by Crippen LogP contribution is -2.39. The van der Waals surface area contributed by atoms with E-state index in [9.17, 15) is 17.6 Å². The molecule has 15 heavy (non-hydrogen) atoms. The maximum Gasteiger partial charge on any atom is 0.399 e. The van der Waals surface area contributed by atoms with Crippen molar-refractivity contribution in [3.05, 3.63) is 21.2 Å². The summed E-state index contributed by atoms with van der Waals surface area (Å²) >= 11 is 21.1. The molecule has 0 aromatic heterocycles. The van der Waals surface area contributed by atoms with Gasteiger partial charge in [0.2, 0.25) is 5.13 Å². The first-order chi connectivity index (χ1) is 6.58. The Balaban J connectivity index is 3.27. The number of alkyl halides is 5. The maximum absolute atomic E-state index is 13.5. The van der Waals surface area contributed by atoms with Crippen molar-refractivity contribution in [3.63, 3.8) is 0 Å². The number of allylic oxidation sites excluding steroid dienone is 4. The van der Waals surface area contributed by atoms with Gasteiger partial charge < -0.3 is 0 Å². The van der Waals surface area contributed by atoms with Crippen molar-refractivity contribution >= 4 is 46.4 Å². The lowest BCUT2D eigenvalue weighted by atomic mass is 9.97. The zero-order valence-electron chi connectivity index (χ0n) is 6.68. The maximum atomic E-state index is 13.5. The Bertz CT molecular complexity index is 341. The van der Waals surface area contributed by atoms with E-state index >= 15 is 0 Å². The third-order valence-corrected chi connectivity index (χ3v) is 3.64. The summed E-state index contributed by atoms with van der Waals surface area (Å²) in [5.74, 6) is -2.62. The number of hydrogen-bond donors (Lipinski definition) is 0. The first kappa shape index (κ1) is 13.4. The third kappa shape index (κ3) is 2.38. The predicted molar refractivity (Wildman–Crippen MR) is 51.9 cm³/mol.